The number of benzene rings is 3. The topological polar surface area (TPSA) is 176 Å². The molecule has 4 aromatic rings. The molecule has 15 nitrogen and oxygen atoms in total. The first kappa shape index (κ1) is 51.4. The predicted molar refractivity (Wildman–Crippen MR) is 262 cm³/mol. The molecule has 0 aliphatic carbocycles. The number of anilines is 2. The number of nitrogens with zero attached hydrogens (tertiary/aromatic N) is 5. The monoisotopic (exact) mass is 969 g/mol. The van der Waals surface area contributed by atoms with Crippen LogP contribution in [0.15, 0.2) is 66.2 Å². The number of carbonyl (C=O) groups is 4. The molecule has 0 unspecified atom stereocenters. The van der Waals surface area contributed by atoms with E-state index in [1.54, 1.807) is 59.2 Å². The molecule has 2 aliphatic heterocycles. The number of nitriles is 1. The van der Waals surface area contributed by atoms with Crippen LogP contribution in [-0.4, -0.2) is 103 Å². The molecule has 0 radical (unpaired) electrons. The van der Waals surface area contributed by atoms with Gasteiger partial charge in [0.25, 0.3) is 5.91 Å². The lowest BCUT2D eigenvalue weighted by Crippen LogP contribution is -2.58. The maximum absolute atomic E-state index is 15.3. The van der Waals surface area contributed by atoms with Crippen LogP contribution in [0.3, 0.4) is 0 Å². The van der Waals surface area contributed by atoms with Crippen LogP contribution in [0.2, 0.25) is 0 Å². The van der Waals surface area contributed by atoms with E-state index in [0.29, 0.717) is 81.1 Å². The van der Waals surface area contributed by atoms with Gasteiger partial charge < -0.3 is 39.4 Å². The van der Waals surface area contributed by atoms with Crippen LogP contribution in [0.4, 0.5) is 15.8 Å². The van der Waals surface area contributed by atoms with E-state index >= 15 is 4.39 Å². The Balaban J connectivity index is 0.861. The Kier molecular flexibility index (Phi) is 17.3. The number of aryl methyl sites for hydroxylation is 1. The lowest BCUT2D eigenvalue weighted by atomic mass is 9.85. The zero-order valence-corrected chi connectivity index (χ0v) is 41.3. The summed E-state index contributed by atoms with van der Waals surface area (Å²) in [6.45, 7) is 12.9. The molecule has 2 atom stereocenters. The maximum Gasteiger partial charge on any atom is 0.259 e. The molecule has 18 heteroatoms. The molecule has 2 saturated heterocycles. The van der Waals surface area contributed by atoms with E-state index in [-0.39, 0.29) is 48.4 Å². The van der Waals surface area contributed by atoms with Gasteiger partial charge in [0.15, 0.2) is 16.7 Å². The van der Waals surface area contributed by atoms with Crippen LogP contribution in [0, 0.1) is 29.5 Å². The van der Waals surface area contributed by atoms with Gasteiger partial charge in [-0.05, 0) is 106 Å². The van der Waals surface area contributed by atoms with Gasteiger partial charge in [-0.25, -0.2) is 9.37 Å². The summed E-state index contributed by atoms with van der Waals surface area (Å²) in [6, 6.07) is 17.8. The molecule has 68 heavy (non-hydrogen) atoms. The molecule has 6 rings (SSSR count). The van der Waals surface area contributed by atoms with Crippen molar-refractivity contribution in [2.45, 2.75) is 97.8 Å². The van der Waals surface area contributed by atoms with Crippen molar-refractivity contribution in [3.63, 3.8) is 0 Å². The number of thiazole rings is 1. The lowest BCUT2D eigenvalue weighted by Gasteiger charge is -2.35. The van der Waals surface area contributed by atoms with Crippen LogP contribution >= 0.6 is 23.6 Å². The van der Waals surface area contributed by atoms with Gasteiger partial charge in [-0.2, -0.15) is 5.26 Å². The number of unbranched alkanes of at least 4 members (excludes halogenated alkanes) is 1. The standard InChI is InChI=1S/C50H60FN7O8S2/c1-32-43(68-31-54-32)34-15-13-33(14-16-34)29-53-45(60)39-12-10-21-56(39)46(61)44(49(2,3)4)55-42(59)30-65-24-11-23-64-22-8-9-25-66-40-20-19-37(26-38(40)51)58-48(67)57(47(62)50(58,5)6)36-18-17-35(28-52)41(27-36)63-7/h13-20,26-27,31,39,44H,8-12,21-25,29-30H2,1-7H3,(H,53,60)(H,55,59)/t39-,44+/m0/s1. The summed E-state index contributed by atoms with van der Waals surface area (Å²) in [4.78, 5) is 63.9. The first-order valence-corrected chi connectivity index (χ1v) is 24.0. The van der Waals surface area contributed by atoms with Gasteiger partial charge in [0.2, 0.25) is 17.7 Å². The van der Waals surface area contributed by atoms with E-state index in [2.05, 4.69) is 21.7 Å². The van der Waals surface area contributed by atoms with Crippen molar-refractivity contribution in [2.75, 3.05) is 56.5 Å². The molecule has 3 aromatic carbocycles. The number of hydrogen-bond acceptors (Lipinski definition) is 12. The van der Waals surface area contributed by atoms with E-state index in [1.807, 2.05) is 57.5 Å². The third-order valence-corrected chi connectivity index (χ3v) is 13.2. The molecule has 2 N–H and O–H groups in total. The molecule has 0 spiro atoms. The van der Waals surface area contributed by atoms with Crippen LogP contribution < -0.4 is 29.9 Å². The first-order valence-electron chi connectivity index (χ1n) is 22.7. The first-order chi connectivity index (χ1) is 32.5. The van der Waals surface area contributed by atoms with E-state index in [4.69, 9.17) is 31.2 Å². The van der Waals surface area contributed by atoms with Gasteiger partial charge in [0, 0.05) is 50.7 Å². The Morgan fingerprint density at radius 3 is 2.37 bits per heavy atom. The Morgan fingerprint density at radius 1 is 0.985 bits per heavy atom. The third-order valence-electron chi connectivity index (χ3n) is 11.8. The average molecular weight is 970 g/mol. The SMILES string of the molecule is COc1cc(N2C(=O)C(C)(C)N(c3ccc(OCCCCOCCCOCC(=O)N[C@H](C(=O)N4CCC[C@H]4C(=O)NCc4ccc(-c5scnc5C)cc4)C(C)(C)C)c(F)c3)C2=S)ccc1C#N. The number of thiocarbonyl (C=S) groups is 1. The number of likely N-dealkylation sites (tertiary alicyclic amines) is 1. The van der Waals surface area contributed by atoms with Crippen molar-refractivity contribution in [3.05, 3.63) is 88.8 Å². The number of ether oxygens (including phenoxy) is 4. The number of methoxy groups -OCH3 is 1. The summed E-state index contributed by atoms with van der Waals surface area (Å²) < 4.78 is 37.7. The van der Waals surface area contributed by atoms with Gasteiger partial charge in [-0.15, -0.1) is 11.3 Å². The van der Waals surface area contributed by atoms with Crippen molar-refractivity contribution in [2.24, 2.45) is 5.41 Å². The quantitative estimate of drug-likeness (QED) is 0.0624. The van der Waals surface area contributed by atoms with Crippen LogP contribution in [0.1, 0.15) is 83.5 Å². The van der Waals surface area contributed by atoms with Crippen LogP contribution in [0.25, 0.3) is 10.4 Å². The zero-order chi connectivity index (χ0) is 49.2. The summed E-state index contributed by atoms with van der Waals surface area (Å²) in [5, 5.41) is 15.4. The van der Waals surface area contributed by atoms with Gasteiger partial charge in [0.1, 0.15) is 36.0 Å². The fourth-order valence-electron chi connectivity index (χ4n) is 8.11. The number of aromatic nitrogens is 1. The van der Waals surface area contributed by atoms with Crippen molar-refractivity contribution in [1.82, 2.24) is 20.5 Å². The number of halogens is 1. The molecule has 0 saturated carbocycles. The second-order valence-corrected chi connectivity index (χ2v) is 19.5. The highest BCUT2D eigenvalue weighted by molar-refractivity contribution is 7.81. The fraction of sp³-hybridized carbons (Fsp3) is 0.460. The Morgan fingerprint density at radius 2 is 1.69 bits per heavy atom. The number of nitrogens with one attached hydrogen (secondary N) is 2. The number of carbonyl (C=O) groups excluding carboxylic acids is 4. The molecule has 0 bridgehead atoms. The minimum Gasteiger partial charge on any atom is -0.495 e. The molecule has 4 amide bonds. The highest BCUT2D eigenvalue weighted by atomic mass is 32.1. The Labute approximate surface area is 406 Å². The second kappa shape index (κ2) is 22.9. The number of hydrogen-bond donors (Lipinski definition) is 2. The van der Waals surface area contributed by atoms with Crippen molar-refractivity contribution in [1.29, 1.82) is 5.26 Å². The summed E-state index contributed by atoms with van der Waals surface area (Å²) in [5.41, 5.74) is 4.19. The van der Waals surface area contributed by atoms with Crippen LogP contribution in [-0.2, 0) is 35.2 Å². The van der Waals surface area contributed by atoms with Gasteiger partial charge in [0.05, 0.1) is 41.0 Å². The smallest absolute Gasteiger partial charge is 0.259 e. The van der Waals surface area contributed by atoms with E-state index in [0.717, 1.165) is 21.7 Å². The zero-order valence-electron chi connectivity index (χ0n) is 39.7. The highest BCUT2D eigenvalue weighted by Gasteiger charge is 2.50. The molecular weight excluding hydrogens is 910 g/mol. The van der Waals surface area contributed by atoms with E-state index < -0.39 is 34.8 Å². The molecular formula is C50H60FN7O8S2. The number of amides is 4. The lowest BCUT2D eigenvalue weighted by molar-refractivity contribution is -0.144. The molecule has 3 heterocycles. The maximum atomic E-state index is 15.3. The van der Waals surface area contributed by atoms with E-state index in [1.165, 1.54) is 24.1 Å². The minimum atomic E-state index is -1.13. The molecule has 362 valence electrons. The average Bonchev–Trinajstić information content (AvgIpc) is 4.02. The van der Waals surface area contributed by atoms with Crippen molar-refractivity contribution >= 4 is 63.7 Å². The normalized spacial score (nSPS) is 16.2. The second-order valence-electron chi connectivity index (χ2n) is 18.2. The largest absolute Gasteiger partial charge is 0.495 e. The van der Waals surface area contributed by atoms with Crippen molar-refractivity contribution in [3.8, 4) is 28.0 Å². The van der Waals surface area contributed by atoms with Gasteiger partial charge in [-0.3, -0.25) is 24.1 Å². The van der Waals surface area contributed by atoms with Gasteiger partial charge in [-0.1, -0.05) is 45.0 Å². The molecule has 2 fully saturated rings. The minimum absolute atomic E-state index is 0.0664. The van der Waals surface area contributed by atoms with E-state index in [9.17, 15) is 24.4 Å². The van der Waals surface area contributed by atoms with Gasteiger partial charge >= 0.3 is 0 Å². The summed E-state index contributed by atoms with van der Waals surface area (Å²) >= 11 is 7.31. The van der Waals surface area contributed by atoms with Crippen molar-refractivity contribution < 1.29 is 42.5 Å². The highest BCUT2D eigenvalue weighted by Crippen LogP contribution is 2.39. The number of rotatable bonds is 21. The Bertz CT molecular complexity index is 2500. The Hall–Kier alpha value is -6.00. The summed E-state index contributed by atoms with van der Waals surface area (Å²) in [7, 11) is 1.44. The molecule has 1 aromatic heterocycles. The fourth-order valence-corrected chi connectivity index (χ4v) is 9.45. The summed E-state index contributed by atoms with van der Waals surface area (Å²) in [6.07, 6.45) is 3.05. The third kappa shape index (κ3) is 12.2. The van der Waals surface area contributed by atoms with Crippen LogP contribution in [0.5, 0.6) is 11.5 Å². The molecule has 2 aliphatic rings. The summed E-state index contributed by atoms with van der Waals surface area (Å²) in [5.74, 6) is -1.49. The predicted octanol–water partition coefficient (Wildman–Crippen LogP) is 7.48.